The van der Waals surface area contributed by atoms with Crippen molar-refractivity contribution in [3.05, 3.63) is 89.5 Å². The van der Waals surface area contributed by atoms with Crippen molar-refractivity contribution in [1.82, 2.24) is 0 Å². The van der Waals surface area contributed by atoms with E-state index in [9.17, 15) is 4.79 Å². The molecule has 3 aromatic rings. The Bertz CT molecular complexity index is 1330. The summed E-state index contributed by atoms with van der Waals surface area (Å²) in [5.41, 5.74) is 2.80. The van der Waals surface area contributed by atoms with Gasteiger partial charge in [0.1, 0.15) is 23.9 Å². The molecule has 0 amide bonds. The minimum absolute atomic E-state index is 0.294. The first kappa shape index (κ1) is 41.2. The maximum absolute atomic E-state index is 12.5. The molecule has 1 saturated carbocycles. The number of esters is 1. The van der Waals surface area contributed by atoms with Gasteiger partial charge in [-0.1, -0.05) is 56.0 Å². The number of benzene rings is 3. The van der Waals surface area contributed by atoms with Gasteiger partial charge in [-0.15, -0.1) is 0 Å². The number of carbonyl (C=O) groups is 1. The van der Waals surface area contributed by atoms with E-state index >= 15 is 0 Å². The molecule has 0 radical (unpaired) electrons. The lowest BCUT2D eigenvalue weighted by Gasteiger charge is -2.28. The molecule has 0 aliphatic heterocycles. The summed E-state index contributed by atoms with van der Waals surface area (Å²) >= 11 is 0. The van der Waals surface area contributed by atoms with Crippen molar-refractivity contribution in [2.24, 2.45) is 11.8 Å². The Labute approximate surface area is 312 Å². The fraction of sp³-hybridized carbons (Fsp3) is 0.568. The molecule has 4 rings (SSSR count). The monoisotopic (exact) mass is 718 g/mol. The Morgan fingerprint density at radius 1 is 0.558 bits per heavy atom. The number of hydrogen-bond donors (Lipinski definition) is 0. The summed E-state index contributed by atoms with van der Waals surface area (Å²) in [5.74, 6) is 3.54. The van der Waals surface area contributed by atoms with Gasteiger partial charge in [0.05, 0.1) is 38.6 Å². The average molecular weight is 719 g/mol. The summed E-state index contributed by atoms with van der Waals surface area (Å²) in [6.07, 6.45) is 14.0. The standard InChI is InChI=1S/C44H62O8/c1-3-4-7-28-46-33-37-14-16-38(17-15-37)34-50-43-26-20-40(21-27-43)44(45)49-31-8-5-6-9-32-51-52-35-39-18-24-42(25-19-39)48-30-11-10-29-47-41-22-12-36(2)13-23-41/h12-13,18-27,37-38H,3-11,14-17,28-35H2,1-2H3. The second-order valence-electron chi connectivity index (χ2n) is 14.0. The van der Waals surface area contributed by atoms with Crippen LogP contribution in [0.3, 0.4) is 0 Å². The van der Waals surface area contributed by atoms with Gasteiger partial charge in [-0.3, -0.25) is 0 Å². The van der Waals surface area contributed by atoms with Gasteiger partial charge >= 0.3 is 5.97 Å². The molecule has 0 spiro atoms. The van der Waals surface area contributed by atoms with E-state index in [2.05, 4.69) is 26.0 Å². The fourth-order valence-electron chi connectivity index (χ4n) is 6.10. The molecule has 8 heteroatoms. The van der Waals surface area contributed by atoms with Crippen LogP contribution in [0.2, 0.25) is 0 Å². The van der Waals surface area contributed by atoms with Crippen LogP contribution in [-0.2, 0) is 25.9 Å². The molecule has 1 fully saturated rings. The SMILES string of the molecule is CCCCCOCC1CCC(COc2ccc(C(=O)OCCCCCCOOCc3ccc(OCCCCOc4ccc(C)cc4)cc3)cc2)CC1. The fourth-order valence-corrected chi connectivity index (χ4v) is 6.10. The van der Waals surface area contributed by atoms with Gasteiger partial charge in [-0.05, 0) is 137 Å². The van der Waals surface area contributed by atoms with Crippen LogP contribution in [0.15, 0.2) is 72.8 Å². The number of ether oxygens (including phenoxy) is 5. The first-order valence-corrected chi connectivity index (χ1v) is 19.7. The van der Waals surface area contributed by atoms with Crippen LogP contribution in [0.1, 0.15) is 112 Å². The largest absolute Gasteiger partial charge is 0.494 e. The molecule has 0 N–H and O–H groups in total. The van der Waals surface area contributed by atoms with Crippen molar-refractivity contribution >= 4 is 5.97 Å². The highest BCUT2D eigenvalue weighted by Gasteiger charge is 2.22. The highest BCUT2D eigenvalue weighted by molar-refractivity contribution is 5.89. The first-order valence-electron chi connectivity index (χ1n) is 19.7. The van der Waals surface area contributed by atoms with Crippen molar-refractivity contribution in [3.63, 3.8) is 0 Å². The molecule has 3 aromatic carbocycles. The Hall–Kier alpha value is -3.59. The van der Waals surface area contributed by atoms with Crippen LogP contribution in [0, 0.1) is 18.8 Å². The van der Waals surface area contributed by atoms with Crippen LogP contribution in [0.5, 0.6) is 17.2 Å². The van der Waals surface area contributed by atoms with Crippen molar-refractivity contribution < 1.29 is 38.3 Å². The van der Waals surface area contributed by atoms with Gasteiger partial charge in [0.2, 0.25) is 0 Å². The van der Waals surface area contributed by atoms with Crippen molar-refractivity contribution in [1.29, 1.82) is 0 Å². The van der Waals surface area contributed by atoms with Crippen molar-refractivity contribution in [3.8, 4) is 17.2 Å². The normalized spacial score (nSPS) is 15.7. The summed E-state index contributed by atoms with van der Waals surface area (Å²) in [6, 6.07) is 23.3. The van der Waals surface area contributed by atoms with Gasteiger partial charge in [0.25, 0.3) is 0 Å². The Morgan fingerprint density at radius 3 is 1.75 bits per heavy atom. The number of rotatable bonds is 27. The lowest BCUT2D eigenvalue weighted by Crippen LogP contribution is -2.22. The molecule has 1 aliphatic rings. The Morgan fingerprint density at radius 2 is 1.10 bits per heavy atom. The predicted molar refractivity (Wildman–Crippen MR) is 205 cm³/mol. The third kappa shape index (κ3) is 17.3. The first-order chi connectivity index (χ1) is 25.6. The van der Waals surface area contributed by atoms with Gasteiger partial charge in [-0.25, -0.2) is 14.6 Å². The molecule has 0 heterocycles. The molecule has 0 atom stereocenters. The minimum Gasteiger partial charge on any atom is -0.494 e. The van der Waals surface area contributed by atoms with Crippen LogP contribution >= 0.6 is 0 Å². The predicted octanol–water partition coefficient (Wildman–Crippen LogP) is 10.5. The van der Waals surface area contributed by atoms with Gasteiger partial charge in [-0.2, -0.15) is 0 Å². The van der Waals surface area contributed by atoms with Crippen LogP contribution < -0.4 is 14.2 Å². The van der Waals surface area contributed by atoms with E-state index in [4.69, 9.17) is 33.5 Å². The molecule has 52 heavy (non-hydrogen) atoms. The van der Waals surface area contributed by atoms with Gasteiger partial charge < -0.3 is 23.7 Å². The van der Waals surface area contributed by atoms with E-state index in [0.717, 1.165) is 81.2 Å². The molecule has 1 aliphatic carbocycles. The number of carbonyl (C=O) groups excluding carboxylic acids is 1. The van der Waals surface area contributed by atoms with Crippen molar-refractivity contribution in [2.75, 3.05) is 46.2 Å². The van der Waals surface area contributed by atoms with Crippen LogP contribution in [0.4, 0.5) is 0 Å². The number of aryl methyl sites for hydroxylation is 1. The maximum atomic E-state index is 12.5. The van der Waals surface area contributed by atoms with Crippen molar-refractivity contribution in [2.45, 2.75) is 104 Å². The molecule has 286 valence electrons. The van der Waals surface area contributed by atoms with Crippen LogP contribution in [-0.4, -0.2) is 52.2 Å². The lowest BCUT2D eigenvalue weighted by molar-refractivity contribution is -0.304. The molecule has 8 nitrogen and oxygen atoms in total. The summed E-state index contributed by atoms with van der Waals surface area (Å²) in [4.78, 5) is 23.2. The summed E-state index contributed by atoms with van der Waals surface area (Å²) in [5, 5.41) is 0. The summed E-state index contributed by atoms with van der Waals surface area (Å²) in [6.45, 7) is 9.47. The van der Waals surface area contributed by atoms with E-state index in [-0.39, 0.29) is 5.97 Å². The second kappa shape index (κ2) is 25.4. The maximum Gasteiger partial charge on any atom is 0.338 e. The highest BCUT2D eigenvalue weighted by atomic mass is 17.2. The van der Waals surface area contributed by atoms with E-state index in [1.54, 1.807) is 12.1 Å². The highest BCUT2D eigenvalue weighted by Crippen LogP contribution is 2.30. The zero-order valence-electron chi connectivity index (χ0n) is 31.7. The Kier molecular flexibility index (Phi) is 20.1. The quantitative estimate of drug-likeness (QED) is 0.0333. The van der Waals surface area contributed by atoms with Crippen LogP contribution in [0.25, 0.3) is 0 Å². The smallest absolute Gasteiger partial charge is 0.338 e. The second-order valence-corrected chi connectivity index (χ2v) is 14.0. The van der Waals surface area contributed by atoms with E-state index in [1.807, 2.05) is 48.5 Å². The van der Waals surface area contributed by atoms with E-state index < -0.39 is 0 Å². The Balaban J connectivity index is 0.927. The van der Waals surface area contributed by atoms with Gasteiger partial charge in [0.15, 0.2) is 0 Å². The molecule has 0 unspecified atom stereocenters. The van der Waals surface area contributed by atoms with Gasteiger partial charge in [0, 0.05) is 13.2 Å². The van der Waals surface area contributed by atoms with E-state index in [1.165, 1.54) is 50.5 Å². The molecule has 0 aromatic heterocycles. The molecular formula is C44H62O8. The third-order valence-corrected chi connectivity index (χ3v) is 9.47. The lowest BCUT2D eigenvalue weighted by atomic mass is 9.83. The van der Waals surface area contributed by atoms with E-state index in [0.29, 0.717) is 50.4 Å². The molecular weight excluding hydrogens is 656 g/mol. The molecule has 0 saturated heterocycles. The summed E-state index contributed by atoms with van der Waals surface area (Å²) < 4.78 is 29.0. The summed E-state index contributed by atoms with van der Waals surface area (Å²) in [7, 11) is 0. The number of unbranched alkanes of at least 4 members (excludes halogenated alkanes) is 6. The zero-order chi connectivity index (χ0) is 36.5. The minimum atomic E-state index is -0.294. The third-order valence-electron chi connectivity index (χ3n) is 9.47. The average Bonchev–Trinajstić information content (AvgIpc) is 3.18. The molecule has 0 bridgehead atoms. The zero-order valence-corrected chi connectivity index (χ0v) is 31.7. The topological polar surface area (TPSA) is 81.7 Å². The number of hydrogen-bond acceptors (Lipinski definition) is 8.